The van der Waals surface area contributed by atoms with E-state index < -0.39 is 0 Å². The number of piperidine rings is 1. The first-order chi connectivity index (χ1) is 8.61. The van der Waals surface area contributed by atoms with Gasteiger partial charge in [-0.05, 0) is 26.0 Å². The number of rotatable bonds is 0. The highest BCUT2D eigenvalue weighted by atomic mass is 16.5. The Bertz CT molecular complexity index is 460. The highest BCUT2D eigenvalue weighted by Crippen LogP contribution is 2.44. The van der Waals surface area contributed by atoms with Crippen molar-refractivity contribution in [3.8, 4) is 5.75 Å². The van der Waals surface area contributed by atoms with Crippen molar-refractivity contribution in [2.45, 2.75) is 38.3 Å². The molecule has 0 aromatic heterocycles. The van der Waals surface area contributed by atoms with Crippen LogP contribution in [0.15, 0.2) is 18.2 Å². The zero-order valence-corrected chi connectivity index (χ0v) is 11.2. The van der Waals surface area contributed by atoms with Crippen LogP contribution in [0.5, 0.6) is 5.75 Å². The molecule has 1 saturated heterocycles. The Morgan fingerprint density at radius 2 is 2.28 bits per heavy atom. The summed E-state index contributed by atoms with van der Waals surface area (Å²) in [4.78, 5) is 0. The molecular weight excluding hydrogens is 224 g/mol. The third-order valence-electron chi connectivity index (χ3n) is 4.52. The average Bonchev–Trinajstić information content (AvgIpc) is 2.34. The molecule has 1 aromatic carbocycles. The lowest BCUT2D eigenvalue weighted by Gasteiger charge is -2.47. The van der Waals surface area contributed by atoms with Crippen molar-refractivity contribution >= 4 is 0 Å². The van der Waals surface area contributed by atoms with E-state index >= 15 is 0 Å². The molecule has 3 unspecified atom stereocenters. The minimum absolute atomic E-state index is 0.0626. The van der Waals surface area contributed by atoms with Crippen molar-refractivity contribution in [3.05, 3.63) is 29.3 Å². The van der Waals surface area contributed by atoms with Gasteiger partial charge < -0.3 is 15.8 Å². The molecule has 3 rings (SSSR count). The third kappa shape index (κ3) is 1.82. The smallest absolute Gasteiger partial charge is 0.124 e. The molecule has 2 aliphatic rings. The first kappa shape index (κ1) is 12.0. The summed E-state index contributed by atoms with van der Waals surface area (Å²) in [7, 11) is 0. The first-order valence-electron chi connectivity index (χ1n) is 6.87. The zero-order valence-electron chi connectivity index (χ0n) is 11.2. The summed E-state index contributed by atoms with van der Waals surface area (Å²) in [5.74, 6) is 1.50. The van der Waals surface area contributed by atoms with E-state index in [4.69, 9.17) is 10.5 Å². The van der Waals surface area contributed by atoms with Crippen LogP contribution in [0.3, 0.4) is 0 Å². The van der Waals surface area contributed by atoms with Gasteiger partial charge in [0, 0.05) is 30.5 Å². The highest BCUT2D eigenvalue weighted by Gasteiger charge is 2.45. The van der Waals surface area contributed by atoms with Crippen LogP contribution in [0.25, 0.3) is 0 Å². The van der Waals surface area contributed by atoms with Crippen molar-refractivity contribution < 1.29 is 4.74 Å². The van der Waals surface area contributed by atoms with Gasteiger partial charge in [-0.3, -0.25) is 0 Å². The van der Waals surface area contributed by atoms with Crippen molar-refractivity contribution in [2.75, 3.05) is 13.1 Å². The average molecular weight is 246 g/mol. The van der Waals surface area contributed by atoms with E-state index in [1.165, 1.54) is 11.1 Å². The van der Waals surface area contributed by atoms with Crippen LogP contribution in [0.2, 0.25) is 0 Å². The maximum atomic E-state index is 6.38. The molecule has 3 nitrogen and oxygen atoms in total. The summed E-state index contributed by atoms with van der Waals surface area (Å²) in [5, 5.41) is 3.43. The van der Waals surface area contributed by atoms with E-state index in [-0.39, 0.29) is 11.6 Å². The van der Waals surface area contributed by atoms with Gasteiger partial charge in [0.2, 0.25) is 0 Å². The van der Waals surface area contributed by atoms with Gasteiger partial charge in [0.15, 0.2) is 0 Å². The van der Waals surface area contributed by atoms with E-state index in [2.05, 4.69) is 37.4 Å². The molecule has 3 heteroatoms. The zero-order chi connectivity index (χ0) is 12.8. The largest absolute Gasteiger partial charge is 0.486 e. The molecule has 2 aliphatic heterocycles. The number of hydrogen-bond donors (Lipinski definition) is 2. The first-order valence-corrected chi connectivity index (χ1v) is 6.87. The summed E-state index contributed by atoms with van der Waals surface area (Å²) in [6.07, 6.45) is 1.99. The topological polar surface area (TPSA) is 47.3 Å². The van der Waals surface area contributed by atoms with E-state index in [1.54, 1.807) is 0 Å². The predicted octanol–water partition coefficient (Wildman–Crippen LogP) is 2.15. The summed E-state index contributed by atoms with van der Waals surface area (Å²) in [5.41, 5.74) is 8.74. The third-order valence-corrected chi connectivity index (χ3v) is 4.52. The van der Waals surface area contributed by atoms with Crippen LogP contribution in [-0.2, 0) is 0 Å². The van der Waals surface area contributed by atoms with Crippen LogP contribution >= 0.6 is 0 Å². The lowest BCUT2D eigenvalue weighted by Crippen LogP contribution is -2.55. The van der Waals surface area contributed by atoms with Gasteiger partial charge in [-0.25, -0.2) is 0 Å². The van der Waals surface area contributed by atoms with Crippen LogP contribution in [0.1, 0.15) is 36.9 Å². The van der Waals surface area contributed by atoms with Gasteiger partial charge in [-0.15, -0.1) is 0 Å². The molecule has 1 spiro atoms. The van der Waals surface area contributed by atoms with Gasteiger partial charge in [-0.2, -0.15) is 0 Å². The van der Waals surface area contributed by atoms with Crippen molar-refractivity contribution in [2.24, 2.45) is 11.7 Å². The van der Waals surface area contributed by atoms with Gasteiger partial charge in [0.05, 0.1) is 0 Å². The second-order valence-corrected chi connectivity index (χ2v) is 5.87. The van der Waals surface area contributed by atoms with Gasteiger partial charge in [-0.1, -0.05) is 24.6 Å². The highest BCUT2D eigenvalue weighted by molar-refractivity contribution is 5.41. The quantitative estimate of drug-likeness (QED) is 0.737. The molecule has 0 amide bonds. The summed E-state index contributed by atoms with van der Waals surface area (Å²) in [6, 6.07) is 6.46. The molecule has 3 atom stereocenters. The Hall–Kier alpha value is -1.06. The van der Waals surface area contributed by atoms with Crippen molar-refractivity contribution in [1.29, 1.82) is 0 Å². The van der Waals surface area contributed by atoms with E-state index in [1.807, 2.05) is 0 Å². The Morgan fingerprint density at radius 1 is 1.44 bits per heavy atom. The predicted molar refractivity (Wildman–Crippen MR) is 72.7 cm³/mol. The normalized spacial score (nSPS) is 35.1. The summed E-state index contributed by atoms with van der Waals surface area (Å²) < 4.78 is 6.38. The maximum Gasteiger partial charge on any atom is 0.124 e. The molecule has 0 bridgehead atoms. The summed E-state index contributed by atoms with van der Waals surface area (Å²) >= 11 is 0. The molecule has 0 aliphatic carbocycles. The number of ether oxygens (including phenoxy) is 1. The summed E-state index contributed by atoms with van der Waals surface area (Å²) in [6.45, 7) is 6.41. The van der Waals surface area contributed by atoms with Crippen molar-refractivity contribution in [3.63, 3.8) is 0 Å². The minimum atomic E-state index is -0.0626. The molecule has 18 heavy (non-hydrogen) atoms. The second kappa shape index (κ2) is 4.25. The van der Waals surface area contributed by atoms with Crippen molar-refractivity contribution in [1.82, 2.24) is 5.32 Å². The lowest BCUT2D eigenvalue weighted by atomic mass is 9.75. The number of hydrogen-bond acceptors (Lipinski definition) is 3. The molecule has 0 saturated carbocycles. The molecule has 1 fully saturated rings. The lowest BCUT2D eigenvalue weighted by molar-refractivity contribution is -0.0335. The van der Waals surface area contributed by atoms with Crippen LogP contribution in [0.4, 0.5) is 0 Å². The minimum Gasteiger partial charge on any atom is -0.486 e. The fourth-order valence-electron chi connectivity index (χ4n) is 3.30. The van der Waals surface area contributed by atoms with E-state index in [9.17, 15) is 0 Å². The number of nitrogens with two attached hydrogens (primary N) is 1. The Labute approximate surface area is 109 Å². The van der Waals surface area contributed by atoms with Crippen LogP contribution in [-0.4, -0.2) is 18.7 Å². The molecule has 3 N–H and O–H groups in total. The molecule has 0 radical (unpaired) electrons. The number of fused-ring (bicyclic) bond motifs is 1. The van der Waals surface area contributed by atoms with Crippen LogP contribution < -0.4 is 15.8 Å². The number of aryl methyl sites for hydroxylation is 1. The molecular formula is C15H22N2O. The van der Waals surface area contributed by atoms with Crippen LogP contribution in [0, 0.1) is 12.8 Å². The Balaban J connectivity index is 1.98. The number of benzene rings is 1. The number of nitrogens with one attached hydrogen (secondary N) is 1. The molecule has 2 heterocycles. The SMILES string of the molecule is Cc1ccc2c(c1)C(N)CC1(CCNCC1C)O2. The fraction of sp³-hybridized carbons (Fsp3) is 0.600. The Morgan fingerprint density at radius 3 is 3.06 bits per heavy atom. The second-order valence-electron chi connectivity index (χ2n) is 5.87. The van der Waals surface area contributed by atoms with Gasteiger partial charge in [0.25, 0.3) is 0 Å². The Kier molecular flexibility index (Phi) is 2.83. The molecule has 1 aromatic rings. The monoisotopic (exact) mass is 246 g/mol. The van der Waals surface area contributed by atoms with Gasteiger partial charge >= 0.3 is 0 Å². The standard InChI is InChI=1S/C15H22N2O/c1-10-3-4-14-12(7-10)13(16)8-15(18-14)5-6-17-9-11(15)2/h3-4,7,11,13,17H,5-6,8-9,16H2,1-2H3. The fourth-order valence-corrected chi connectivity index (χ4v) is 3.30. The van der Waals surface area contributed by atoms with E-state index in [0.717, 1.165) is 31.7 Å². The van der Waals surface area contributed by atoms with E-state index in [0.29, 0.717) is 5.92 Å². The maximum absolute atomic E-state index is 6.38. The van der Waals surface area contributed by atoms with Gasteiger partial charge in [0.1, 0.15) is 11.4 Å². The molecule has 98 valence electrons.